The molecule has 0 fully saturated rings. The maximum Gasteiger partial charge on any atom is 0.138 e. The Morgan fingerprint density at radius 2 is 1.00 bits per heavy atom. The lowest BCUT2D eigenvalue weighted by Gasteiger charge is -2.11. The van der Waals surface area contributed by atoms with Gasteiger partial charge in [0.15, 0.2) is 0 Å². The lowest BCUT2D eigenvalue weighted by atomic mass is 9.44. The van der Waals surface area contributed by atoms with Crippen molar-refractivity contribution in [3.8, 4) is 0 Å². The van der Waals surface area contributed by atoms with Crippen molar-refractivity contribution in [1.82, 2.24) is 0 Å². The second-order valence-corrected chi connectivity index (χ2v) is 7.16. The topological polar surface area (TPSA) is 0 Å². The third kappa shape index (κ3) is 9.03. The van der Waals surface area contributed by atoms with Crippen LogP contribution in [0.5, 0.6) is 0 Å². The summed E-state index contributed by atoms with van der Waals surface area (Å²) in [5, 5.41) is 0. The largest absolute Gasteiger partial charge is 0.138 e. The fourth-order valence-electron chi connectivity index (χ4n) is 1.48. The molecule has 0 unspecified atom stereocenters. The average molecular weight is 224 g/mol. The lowest BCUT2D eigenvalue weighted by Crippen LogP contribution is -2.13. The Hall–Kier alpha value is 0.716. The van der Waals surface area contributed by atoms with Gasteiger partial charge in [-0.3, -0.25) is 0 Å². The number of rotatable bonds is 9. The molecule has 0 aromatic rings. The molecule has 6 radical (unpaired) electrons. The van der Waals surface area contributed by atoms with Gasteiger partial charge in [0.1, 0.15) is 6.71 Å². The SMILES string of the molecule is C[Si]CCB(CC[Si]C)CC[Si]C. The molecule has 0 rings (SSSR count). The van der Waals surface area contributed by atoms with Crippen LogP contribution in [0.25, 0.3) is 0 Å². The van der Waals surface area contributed by atoms with Gasteiger partial charge in [-0.1, -0.05) is 56.7 Å². The van der Waals surface area contributed by atoms with E-state index in [1.807, 2.05) is 0 Å². The second-order valence-electron chi connectivity index (χ2n) is 3.54. The molecule has 0 bridgehead atoms. The molecule has 4 heteroatoms. The van der Waals surface area contributed by atoms with E-state index in [-0.39, 0.29) is 0 Å². The fourth-order valence-corrected chi connectivity index (χ4v) is 3.57. The monoisotopic (exact) mass is 224 g/mol. The van der Waals surface area contributed by atoms with Crippen LogP contribution >= 0.6 is 0 Å². The van der Waals surface area contributed by atoms with E-state index >= 15 is 0 Å². The van der Waals surface area contributed by atoms with Crippen LogP contribution in [0.1, 0.15) is 0 Å². The maximum atomic E-state index is 2.33. The summed E-state index contributed by atoms with van der Waals surface area (Å²) >= 11 is 0. The zero-order valence-electron chi connectivity index (χ0n) is 9.32. The minimum absolute atomic E-state index is 1.06. The van der Waals surface area contributed by atoms with E-state index in [4.69, 9.17) is 0 Å². The zero-order chi connectivity index (χ0) is 9.94. The van der Waals surface area contributed by atoms with Crippen molar-refractivity contribution in [2.45, 2.75) is 56.7 Å². The van der Waals surface area contributed by atoms with E-state index in [2.05, 4.69) is 19.6 Å². The van der Waals surface area contributed by atoms with Crippen molar-refractivity contribution in [2.24, 2.45) is 0 Å². The molecule has 0 saturated heterocycles. The van der Waals surface area contributed by atoms with Crippen LogP contribution in [0.15, 0.2) is 0 Å². The highest BCUT2D eigenvalue weighted by Gasteiger charge is 2.11. The van der Waals surface area contributed by atoms with Crippen molar-refractivity contribution in [2.75, 3.05) is 0 Å². The Balaban J connectivity index is 3.47. The molecule has 0 aliphatic rings. The van der Waals surface area contributed by atoms with E-state index in [1.54, 1.807) is 0 Å². The van der Waals surface area contributed by atoms with Gasteiger partial charge >= 0.3 is 0 Å². The highest BCUT2D eigenvalue weighted by atomic mass is 28.2. The van der Waals surface area contributed by atoms with Crippen molar-refractivity contribution in [3.63, 3.8) is 0 Å². The second kappa shape index (κ2) is 10.8. The quantitative estimate of drug-likeness (QED) is 0.528. The van der Waals surface area contributed by atoms with Crippen molar-refractivity contribution >= 4 is 35.3 Å². The molecule has 0 nitrogen and oxygen atoms in total. The molecule has 0 spiro atoms. The van der Waals surface area contributed by atoms with Gasteiger partial charge in [0.2, 0.25) is 0 Å². The summed E-state index contributed by atoms with van der Waals surface area (Å²) in [6.45, 7) is 8.06. The molecular weight excluding hydrogens is 203 g/mol. The maximum absolute atomic E-state index is 2.33. The molecule has 72 valence electrons. The Bertz CT molecular complexity index is 81.8. The van der Waals surface area contributed by atoms with E-state index in [1.165, 1.54) is 65.7 Å². The summed E-state index contributed by atoms with van der Waals surface area (Å²) in [4.78, 5) is 0. The summed E-state index contributed by atoms with van der Waals surface area (Å²) < 4.78 is 0. The molecule has 0 aliphatic heterocycles. The molecule has 0 aromatic carbocycles. The molecule has 0 N–H and O–H groups in total. The normalized spacial score (nSPS) is 10.4. The third-order valence-electron chi connectivity index (χ3n) is 2.41. The smallest absolute Gasteiger partial charge is 0.0770 e. The van der Waals surface area contributed by atoms with Gasteiger partial charge in [-0.05, 0) is 0 Å². The van der Waals surface area contributed by atoms with E-state index in [0.29, 0.717) is 0 Å². The Labute approximate surface area is 92.2 Å². The predicted octanol–water partition coefficient (Wildman–Crippen LogP) is 2.99. The first-order valence-electron chi connectivity index (χ1n) is 5.29. The molecular formula is C9H21BSi3. The summed E-state index contributed by atoms with van der Waals surface area (Å²) in [6.07, 6.45) is 4.51. The highest BCUT2D eigenvalue weighted by molar-refractivity contribution is 6.62. The van der Waals surface area contributed by atoms with E-state index in [0.717, 1.165) is 6.71 Å². The highest BCUT2D eigenvalue weighted by Crippen LogP contribution is 2.13. The number of hydrogen-bond acceptors (Lipinski definition) is 0. The minimum atomic E-state index is 1.06. The van der Waals surface area contributed by atoms with Crippen molar-refractivity contribution in [1.29, 1.82) is 0 Å². The van der Waals surface area contributed by atoms with Crippen LogP contribution < -0.4 is 0 Å². The van der Waals surface area contributed by atoms with Gasteiger partial charge in [0.25, 0.3) is 0 Å². The van der Waals surface area contributed by atoms with Gasteiger partial charge in [-0.25, -0.2) is 0 Å². The summed E-state index contributed by atoms with van der Waals surface area (Å²) in [6, 6.07) is 4.43. The molecule has 0 atom stereocenters. The first-order chi connectivity index (χ1) is 6.35. The Kier molecular flexibility index (Phi) is 11.4. The van der Waals surface area contributed by atoms with Crippen LogP contribution in [0, 0.1) is 0 Å². The summed E-state index contributed by atoms with van der Waals surface area (Å²) in [5.41, 5.74) is 0. The average Bonchev–Trinajstić information content (AvgIpc) is 2.17. The van der Waals surface area contributed by atoms with Gasteiger partial charge in [-0.15, -0.1) is 0 Å². The molecule has 13 heavy (non-hydrogen) atoms. The van der Waals surface area contributed by atoms with Crippen molar-refractivity contribution < 1.29 is 0 Å². The Morgan fingerprint density at radius 1 is 0.692 bits per heavy atom. The molecule has 0 aromatic heterocycles. The summed E-state index contributed by atoms with van der Waals surface area (Å²) in [5.74, 6) is 0. The van der Waals surface area contributed by atoms with Crippen LogP contribution in [-0.2, 0) is 0 Å². The molecule has 0 saturated carbocycles. The van der Waals surface area contributed by atoms with E-state index in [9.17, 15) is 0 Å². The van der Waals surface area contributed by atoms with Gasteiger partial charge in [-0.2, -0.15) is 0 Å². The van der Waals surface area contributed by atoms with Crippen LogP contribution in [0.3, 0.4) is 0 Å². The van der Waals surface area contributed by atoms with Crippen LogP contribution in [0.4, 0.5) is 0 Å². The lowest BCUT2D eigenvalue weighted by molar-refractivity contribution is 1.21. The standard InChI is InChI=1S/C9H21BSi3/c1-11-7-4-10(5-8-12-2)6-9-13-3/h4-9H2,1-3H3. The van der Waals surface area contributed by atoms with Crippen molar-refractivity contribution in [3.05, 3.63) is 0 Å². The van der Waals surface area contributed by atoms with Gasteiger partial charge in [0.05, 0.1) is 0 Å². The first kappa shape index (κ1) is 13.7. The van der Waals surface area contributed by atoms with Gasteiger partial charge in [0, 0.05) is 28.6 Å². The van der Waals surface area contributed by atoms with Crippen LogP contribution in [-0.4, -0.2) is 35.3 Å². The van der Waals surface area contributed by atoms with E-state index < -0.39 is 0 Å². The van der Waals surface area contributed by atoms with Crippen LogP contribution in [0.2, 0.25) is 56.7 Å². The Morgan fingerprint density at radius 3 is 1.23 bits per heavy atom. The molecule has 0 heterocycles. The third-order valence-corrected chi connectivity index (χ3v) is 4.77. The summed E-state index contributed by atoms with van der Waals surface area (Å²) in [7, 11) is 3.50. The minimum Gasteiger partial charge on any atom is -0.0770 e. The van der Waals surface area contributed by atoms with Gasteiger partial charge < -0.3 is 0 Å². The fraction of sp³-hybridized carbons (Fsp3) is 1.00. The molecule has 0 aliphatic carbocycles. The zero-order valence-corrected chi connectivity index (χ0v) is 12.3. The predicted molar refractivity (Wildman–Crippen MR) is 69.5 cm³/mol. The molecule has 0 amide bonds. The first-order valence-corrected chi connectivity index (χ1v) is 10.4. The number of hydrogen-bond donors (Lipinski definition) is 0.